The number of hydrogen-bond donors (Lipinski definition) is 1. The highest BCUT2D eigenvalue weighted by molar-refractivity contribution is 8.00. The van der Waals surface area contributed by atoms with Crippen molar-refractivity contribution in [2.75, 3.05) is 5.32 Å². The fourth-order valence-electron chi connectivity index (χ4n) is 5.61. The SMILES string of the molecule is CCCCCCCCCCCCCCCCCC(=O)Nc1ccc2c(c1)C(=O)C(Sc1nnnn1-c1ccccc1)C2. The number of thioether (sulfide) groups is 1. The van der Waals surface area contributed by atoms with Gasteiger partial charge in [0.2, 0.25) is 11.1 Å². The Morgan fingerprint density at radius 1 is 0.857 bits per heavy atom. The molecule has 2 aromatic carbocycles. The molecular formula is C34H47N5O2S. The summed E-state index contributed by atoms with van der Waals surface area (Å²) in [5.41, 5.74) is 3.22. The highest BCUT2D eigenvalue weighted by Gasteiger charge is 2.33. The topological polar surface area (TPSA) is 89.8 Å². The van der Waals surface area contributed by atoms with Gasteiger partial charge < -0.3 is 5.32 Å². The number of ketones is 1. The summed E-state index contributed by atoms with van der Waals surface area (Å²) in [6.45, 7) is 2.27. The van der Waals surface area contributed by atoms with Crippen molar-refractivity contribution in [3.63, 3.8) is 0 Å². The van der Waals surface area contributed by atoms with Crippen molar-refractivity contribution in [3.8, 4) is 5.69 Å². The van der Waals surface area contributed by atoms with E-state index >= 15 is 0 Å². The third kappa shape index (κ3) is 10.1. The zero-order chi connectivity index (χ0) is 29.4. The molecule has 0 saturated carbocycles. The number of rotatable bonds is 20. The molecule has 7 nitrogen and oxygen atoms in total. The molecule has 3 aromatic rings. The number of carbonyl (C=O) groups is 2. The van der Waals surface area contributed by atoms with Crippen molar-refractivity contribution in [1.82, 2.24) is 20.2 Å². The first kappa shape index (κ1) is 31.9. The lowest BCUT2D eigenvalue weighted by molar-refractivity contribution is -0.116. The molecule has 1 atom stereocenters. The van der Waals surface area contributed by atoms with E-state index in [4.69, 9.17) is 0 Å². The molecule has 0 radical (unpaired) electrons. The molecule has 42 heavy (non-hydrogen) atoms. The van der Waals surface area contributed by atoms with E-state index in [1.165, 1.54) is 95.2 Å². The van der Waals surface area contributed by atoms with Crippen LogP contribution in [0, 0.1) is 0 Å². The van der Waals surface area contributed by atoms with Crippen LogP contribution in [-0.2, 0) is 11.2 Å². The lowest BCUT2D eigenvalue weighted by Gasteiger charge is -2.08. The molecule has 0 bridgehead atoms. The average Bonchev–Trinajstić information content (AvgIpc) is 3.59. The summed E-state index contributed by atoms with van der Waals surface area (Å²) in [6, 6.07) is 15.3. The number of nitrogens with one attached hydrogen (secondary N) is 1. The molecule has 1 aromatic heterocycles. The van der Waals surface area contributed by atoms with Gasteiger partial charge in [-0.25, -0.2) is 0 Å². The first-order valence-electron chi connectivity index (χ1n) is 16.1. The Balaban J connectivity index is 1.09. The molecule has 1 amide bonds. The number of para-hydroxylation sites is 1. The number of carbonyl (C=O) groups excluding carboxylic acids is 2. The Kier molecular flexibility index (Phi) is 13.6. The minimum Gasteiger partial charge on any atom is -0.326 e. The van der Waals surface area contributed by atoms with Crippen LogP contribution < -0.4 is 5.32 Å². The smallest absolute Gasteiger partial charge is 0.224 e. The molecule has 1 aliphatic carbocycles. The van der Waals surface area contributed by atoms with Crippen LogP contribution in [0.3, 0.4) is 0 Å². The second-order valence-corrected chi connectivity index (χ2v) is 12.7. The van der Waals surface area contributed by atoms with E-state index in [0.717, 1.165) is 24.1 Å². The van der Waals surface area contributed by atoms with Crippen molar-refractivity contribution in [1.29, 1.82) is 0 Å². The van der Waals surface area contributed by atoms with Crippen molar-refractivity contribution < 1.29 is 9.59 Å². The highest BCUT2D eigenvalue weighted by atomic mass is 32.2. The summed E-state index contributed by atoms with van der Waals surface area (Å²) < 4.78 is 1.66. The van der Waals surface area contributed by atoms with Gasteiger partial charge in [-0.2, -0.15) is 4.68 Å². The van der Waals surface area contributed by atoms with Gasteiger partial charge in [0.05, 0.1) is 10.9 Å². The molecule has 1 unspecified atom stereocenters. The molecule has 226 valence electrons. The quantitative estimate of drug-likeness (QED) is 0.133. The monoisotopic (exact) mass is 589 g/mol. The predicted octanol–water partition coefficient (Wildman–Crippen LogP) is 8.76. The second-order valence-electron chi connectivity index (χ2n) is 11.5. The van der Waals surface area contributed by atoms with Crippen LogP contribution in [0.1, 0.15) is 126 Å². The van der Waals surface area contributed by atoms with Crippen LogP contribution in [0.4, 0.5) is 5.69 Å². The van der Waals surface area contributed by atoms with Gasteiger partial charge in [0, 0.05) is 17.7 Å². The Morgan fingerprint density at radius 3 is 2.12 bits per heavy atom. The second kappa shape index (κ2) is 17.8. The molecule has 0 fully saturated rings. The molecule has 0 spiro atoms. The van der Waals surface area contributed by atoms with E-state index in [1.807, 2.05) is 48.5 Å². The maximum atomic E-state index is 13.2. The standard InChI is InChI=1S/C34H47N5O2S/c1-2-3-4-5-6-7-8-9-10-11-12-13-14-15-19-22-32(40)35-28-24-23-27-25-31(33(41)30(27)26-28)42-34-36-37-38-39(34)29-20-17-16-18-21-29/h16-18,20-21,23-24,26,31H,2-15,19,22,25H2,1H3,(H,35,40). The number of hydrogen-bond acceptors (Lipinski definition) is 6. The molecule has 1 N–H and O–H groups in total. The summed E-state index contributed by atoms with van der Waals surface area (Å²) in [5.74, 6) is 0.0687. The number of amides is 1. The van der Waals surface area contributed by atoms with Crippen LogP contribution in [0.25, 0.3) is 5.69 Å². The Labute approximate surface area is 255 Å². The average molecular weight is 590 g/mol. The van der Waals surface area contributed by atoms with Crippen molar-refractivity contribution in [2.24, 2.45) is 0 Å². The number of benzene rings is 2. The van der Waals surface area contributed by atoms with Crippen LogP contribution in [0.15, 0.2) is 53.7 Å². The van der Waals surface area contributed by atoms with E-state index in [1.54, 1.807) is 4.68 Å². The third-order valence-corrected chi connectivity index (χ3v) is 9.18. The number of nitrogens with zero attached hydrogens (tertiary/aromatic N) is 4. The maximum absolute atomic E-state index is 13.2. The van der Waals surface area contributed by atoms with Gasteiger partial charge in [-0.3, -0.25) is 9.59 Å². The zero-order valence-corrected chi connectivity index (χ0v) is 26.0. The maximum Gasteiger partial charge on any atom is 0.224 e. The van der Waals surface area contributed by atoms with E-state index in [-0.39, 0.29) is 16.9 Å². The van der Waals surface area contributed by atoms with E-state index in [0.29, 0.717) is 29.2 Å². The van der Waals surface area contributed by atoms with E-state index in [9.17, 15) is 9.59 Å². The van der Waals surface area contributed by atoms with Crippen LogP contribution in [-0.4, -0.2) is 37.1 Å². The summed E-state index contributed by atoms with van der Waals surface area (Å²) in [6.07, 6.45) is 20.8. The predicted molar refractivity (Wildman–Crippen MR) is 171 cm³/mol. The number of aromatic nitrogens is 4. The molecule has 0 saturated heterocycles. The highest BCUT2D eigenvalue weighted by Crippen LogP contribution is 2.35. The minimum absolute atomic E-state index is 0.0167. The lowest BCUT2D eigenvalue weighted by Crippen LogP contribution is -2.14. The molecule has 1 aliphatic rings. The van der Waals surface area contributed by atoms with Crippen molar-refractivity contribution in [2.45, 2.75) is 126 Å². The number of unbranched alkanes of at least 4 members (excludes halogenated alkanes) is 14. The van der Waals surface area contributed by atoms with Crippen molar-refractivity contribution in [3.05, 3.63) is 59.7 Å². The van der Waals surface area contributed by atoms with Gasteiger partial charge in [-0.05, 0) is 53.1 Å². The molecule has 1 heterocycles. The first-order chi connectivity index (χ1) is 20.7. The van der Waals surface area contributed by atoms with Crippen LogP contribution >= 0.6 is 11.8 Å². The normalized spacial score (nSPS) is 14.3. The Morgan fingerprint density at radius 2 is 1.48 bits per heavy atom. The molecular weight excluding hydrogens is 542 g/mol. The minimum atomic E-state index is -0.292. The molecule has 4 rings (SSSR count). The Hall–Kier alpha value is -3.00. The van der Waals surface area contributed by atoms with Gasteiger partial charge in [-0.1, -0.05) is 133 Å². The third-order valence-electron chi connectivity index (χ3n) is 8.05. The van der Waals surface area contributed by atoms with Crippen LogP contribution in [0.5, 0.6) is 0 Å². The fraction of sp³-hybridized carbons (Fsp3) is 0.559. The number of anilines is 1. The zero-order valence-electron chi connectivity index (χ0n) is 25.2. The Bertz CT molecular complexity index is 1250. The lowest BCUT2D eigenvalue weighted by atomic mass is 10.0. The van der Waals surface area contributed by atoms with Gasteiger partial charge >= 0.3 is 0 Å². The van der Waals surface area contributed by atoms with Gasteiger partial charge in [-0.15, -0.1) is 5.10 Å². The molecule has 8 heteroatoms. The number of Topliss-reactive ketones (excluding diaryl/α,β-unsaturated/α-hetero) is 1. The van der Waals surface area contributed by atoms with E-state index in [2.05, 4.69) is 27.8 Å². The summed E-state index contributed by atoms with van der Waals surface area (Å²) in [7, 11) is 0. The van der Waals surface area contributed by atoms with Crippen molar-refractivity contribution >= 4 is 29.1 Å². The summed E-state index contributed by atoms with van der Waals surface area (Å²) in [4.78, 5) is 25.8. The molecule has 0 aliphatic heterocycles. The van der Waals surface area contributed by atoms with Gasteiger partial charge in [0.1, 0.15) is 0 Å². The van der Waals surface area contributed by atoms with E-state index < -0.39 is 0 Å². The summed E-state index contributed by atoms with van der Waals surface area (Å²) in [5, 5.41) is 15.3. The summed E-state index contributed by atoms with van der Waals surface area (Å²) >= 11 is 1.38. The van der Waals surface area contributed by atoms with Gasteiger partial charge in [0.15, 0.2) is 5.78 Å². The number of tetrazole rings is 1. The number of fused-ring (bicyclic) bond motifs is 1. The fourth-order valence-corrected chi connectivity index (χ4v) is 6.69. The largest absolute Gasteiger partial charge is 0.326 e. The van der Waals surface area contributed by atoms with Gasteiger partial charge in [0.25, 0.3) is 0 Å². The van der Waals surface area contributed by atoms with Crippen LogP contribution in [0.2, 0.25) is 0 Å². The first-order valence-corrected chi connectivity index (χ1v) is 17.0.